The van der Waals surface area contributed by atoms with E-state index in [0.717, 1.165) is 38.5 Å². The molecule has 3 saturated heterocycles. The molecule has 3 aliphatic heterocycles. The van der Waals surface area contributed by atoms with E-state index in [1.807, 2.05) is 7.05 Å². The largest absolute Gasteiger partial charge is 0.390 e. The highest BCUT2D eigenvalue weighted by Gasteiger charge is 2.52. The highest BCUT2D eigenvalue weighted by molar-refractivity contribution is 7.86. The Bertz CT molecular complexity index is 851. The molecule has 0 aromatic carbocycles. The van der Waals surface area contributed by atoms with Crippen molar-refractivity contribution in [2.24, 2.45) is 5.73 Å². The number of fused-ring (bicyclic) bond motifs is 2. The van der Waals surface area contributed by atoms with Gasteiger partial charge in [0, 0.05) is 72.4 Å². The molecule has 196 valence electrons. The highest BCUT2D eigenvalue weighted by Crippen LogP contribution is 2.44. The molecule has 3 N–H and O–H groups in total. The van der Waals surface area contributed by atoms with Crippen molar-refractivity contribution >= 4 is 22.0 Å². The first-order valence-corrected chi connectivity index (χ1v) is 13.7. The number of aliphatic hydroxyl groups is 1. The topological polar surface area (TPSA) is 131 Å². The molecule has 11 nitrogen and oxygen atoms in total. The molecule has 3 fully saturated rings. The van der Waals surface area contributed by atoms with Crippen LogP contribution in [-0.4, -0.2) is 133 Å². The van der Waals surface area contributed by atoms with Crippen molar-refractivity contribution in [1.29, 1.82) is 0 Å². The Morgan fingerprint density at radius 1 is 1.15 bits per heavy atom. The summed E-state index contributed by atoms with van der Waals surface area (Å²) in [6.45, 7) is 3.91. The minimum absolute atomic E-state index is 0.0767. The zero-order valence-corrected chi connectivity index (χ0v) is 21.8. The van der Waals surface area contributed by atoms with Crippen LogP contribution in [0.2, 0.25) is 0 Å². The molecule has 2 bridgehead atoms. The average Bonchev–Trinajstić information content (AvgIpc) is 3.32. The molecule has 3 rings (SSSR count). The Morgan fingerprint density at radius 2 is 1.85 bits per heavy atom. The molecule has 0 saturated carbocycles. The Morgan fingerprint density at radius 3 is 2.47 bits per heavy atom. The second kappa shape index (κ2) is 10.8. The standard InChI is InChI=1S/C22H42N6O5S/c1-17(29)26(13-12-25(4)19-8-11-27(14-19)34(32,33)24(2)3)15-20(30)16-28-18-6-5-9-22(28,10-7-18)21(23)31/h18-20,30H,5-16H2,1-4H3,(H2,23,31)/t18-,19-,20?,22+/m1/s1. The summed E-state index contributed by atoms with van der Waals surface area (Å²) in [6.07, 6.45) is 4.32. The quantitative estimate of drug-likeness (QED) is 0.366. The van der Waals surface area contributed by atoms with Gasteiger partial charge in [0.2, 0.25) is 11.8 Å². The van der Waals surface area contributed by atoms with Crippen LogP contribution in [0.3, 0.4) is 0 Å². The van der Waals surface area contributed by atoms with E-state index in [4.69, 9.17) is 5.73 Å². The number of primary amides is 1. The molecule has 1 unspecified atom stereocenters. The van der Waals surface area contributed by atoms with Gasteiger partial charge in [-0.05, 0) is 45.6 Å². The van der Waals surface area contributed by atoms with Crippen molar-refractivity contribution in [1.82, 2.24) is 23.3 Å². The van der Waals surface area contributed by atoms with Crippen LogP contribution in [0.5, 0.6) is 0 Å². The predicted molar refractivity (Wildman–Crippen MR) is 129 cm³/mol. The van der Waals surface area contributed by atoms with Crippen molar-refractivity contribution in [3.63, 3.8) is 0 Å². The van der Waals surface area contributed by atoms with Gasteiger partial charge in [-0.15, -0.1) is 0 Å². The van der Waals surface area contributed by atoms with E-state index < -0.39 is 21.9 Å². The summed E-state index contributed by atoms with van der Waals surface area (Å²) in [7, 11) is 1.57. The van der Waals surface area contributed by atoms with E-state index in [9.17, 15) is 23.1 Å². The van der Waals surface area contributed by atoms with Gasteiger partial charge < -0.3 is 20.6 Å². The Labute approximate surface area is 204 Å². The normalized spacial score (nSPS) is 29.1. The molecule has 2 amide bonds. The molecule has 0 aromatic rings. The molecular formula is C22H42N6O5S. The van der Waals surface area contributed by atoms with Crippen LogP contribution in [0, 0.1) is 0 Å². The van der Waals surface area contributed by atoms with Crippen molar-refractivity contribution in [2.45, 2.75) is 69.2 Å². The van der Waals surface area contributed by atoms with E-state index in [-0.39, 0.29) is 30.4 Å². The number of β-amino-alcohol motifs (C(OH)–C–C–N with tert-alkyl or cyclic N) is 1. The molecule has 0 aliphatic carbocycles. The third-order valence-electron chi connectivity index (χ3n) is 8.01. The molecule has 0 spiro atoms. The van der Waals surface area contributed by atoms with E-state index in [2.05, 4.69) is 9.80 Å². The maximum Gasteiger partial charge on any atom is 0.281 e. The Balaban J connectivity index is 1.53. The van der Waals surface area contributed by atoms with Crippen LogP contribution >= 0.6 is 0 Å². The fourth-order valence-electron chi connectivity index (χ4n) is 5.85. The van der Waals surface area contributed by atoms with Crippen LogP contribution in [0.1, 0.15) is 45.4 Å². The van der Waals surface area contributed by atoms with E-state index in [1.54, 1.807) is 4.90 Å². The van der Waals surface area contributed by atoms with Crippen LogP contribution in [0.15, 0.2) is 0 Å². The second-order valence-corrected chi connectivity index (χ2v) is 12.5. The van der Waals surface area contributed by atoms with Gasteiger partial charge in [0.05, 0.1) is 6.10 Å². The van der Waals surface area contributed by atoms with Crippen LogP contribution in [0.25, 0.3) is 0 Å². The Hall–Kier alpha value is -1.31. The van der Waals surface area contributed by atoms with Gasteiger partial charge in [-0.25, -0.2) is 0 Å². The zero-order valence-electron chi connectivity index (χ0n) is 21.0. The number of hydrogen-bond donors (Lipinski definition) is 2. The average molecular weight is 503 g/mol. The van der Waals surface area contributed by atoms with Gasteiger partial charge in [-0.2, -0.15) is 17.0 Å². The van der Waals surface area contributed by atoms with Crippen molar-refractivity contribution in [2.75, 3.05) is 60.4 Å². The number of likely N-dealkylation sites (N-methyl/N-ethyl adjacent to an activating group) is 1. The lowest BCUT2D eigenvalue weighted by molar-refractivity contribution is -0.135. The smallest absolute Gasteiger partial charge is 0.281 e. The Kier molecular flexibility index (Phi) is 8.63. The van der Waals surface area contributed by atoms with Crippen molar-refractivity contribution in [3.05, 3.63) is 0 Å². The third kappa shape index (κ3) is 5.57. The number of carbonyl (C=O) groups is 2. The van der Waals surface area contributed by atoms with Gasteiger partial charge in [0.25, 0.3) is 10.2 Å². The van der Waals surface area contributed by atoms with Crippen LogP contribution in [-0.2, 0) is 19.8 Å². The summed E-state index contributed by atoms with van der Waals surface area (Å²) in [5.41, 5.74) is 5.11. The first-order chi connectivity index (χ1) is 15.9. The SMILES string of the molecule is CC(=O)N(CCN(C)[C@@H]1CCN(S(=O)(=O)N(C)C)C1)CC(O)CN1[C@@H]2CCC[C@@]1(C(N)=O)CC2. The number of nitrogens with zero attached hydrogens (tertiary/aromatic N) is 5. The fraction of sp³-hybridized carbons (Fsp3) is 0.909. The van der Waals surface area contributed by atoms with E-state index in [1.165, 1.54) is 29.6 Å². The molecular weight excluding hydrogens is 460 g/mol. The van der Waals surface area contributed by atoms with Gasteiger partial charge >= 0.3 is 0 Å². The monoisotopic (exact) mass is 502 g/mol. The van der Waals surface area contributed by atoms with Crippen LogP contribution in [0.4, 0.5) is 0 Å². The van der Waals surface area contributed by atoms with E-state index in [0.29, 0.717) is 32.7 Å². The molecule has 4 atom stereocenters. The first-order valence-electron chi connectivity index (χ1n) is 12.3. The lowest BCUT2D eigenvalue weighted by Crippen LogP contribution is -2.60. The molecule has 12 heteroatoms. The fourth-order valence-corrected chi connectivity index (χ4v) is 7.01. The molecule has 34 heavy (non-hydrogen) atoms. The molecule has 0 radical (unpaired) electrons. The summed E-state index contributed by atoms with van der Waals surface area (Å²) >= 11 is 0. The van der Waals surface area contributed by atoms with Crippen molar-refractivity contribution < 1.29 is 23.1 Å². The van der Waals surface area contributed by atoms with Gasteiger partial charge in [-0.1, -0.05) is 0 Å². The number of piperidine rings is 1. The van der Waals surface area contributed by atoms with E-state index >= 15 is 0 Å². The summed E-state index contributed by atoms with van der Waals surface area (Å²) < 4.78 is 27.5. The second-order valence-electron chi connectivity index (χ2n) is 10.3. The number of aliphatic hydroxyl groups excluding tert-OH is 1. The van der Waals surface area contributed by atoms with Gasteiger partial charge in [0.15, 0.2) is 0 Å². The zero-order chi connectivity index (χ0) is 25.3. The predicted octanol–water partition coefficient (Wildman–Crippen LogP) is -1.12. The molecule has 3 heterocycles. The number of hydrogen-bond acceptors (Lipinski definition) is 7. The maximum absolute atomic E-state index is 12.4. The summed E-state index contributed by atoms with van der Waals surface area (Å²) in [5.74, 6) is -0.434. The minimum Gasteiger partial charge on any atom is -0.390 e. The third-order valence-corrected chi connectivity index (χ3v) is 9.92. The lowest BCUT2D eigenvalue weighted by Gasteiger charge is -2.44. The van der Waals surface area contributed by atoms with Gasteiger partial charge in [-0.3, -0.25) is 14.5 Å². The van der Waals surface area contributed by atoms with Crippen LogP contribution < -0.4 is 5.73 Å². The number of nitrogens with two attached hydrogens (primary N) is 1. The molecule has 3 aliphatic rings. The van der Waals surface area contributed by atoms with Crippen molar-refractivity contribution in [3.8, 4) is 0 Å². The number of rotatable bonds is 11. The lowest BCUT2D eigenvalue weighted by atomic mass is 9.87. The molecule has 0 aromatic heterocycles. The number of amides is 2. The first kappa shape index (κ1) is 27.3. The maximum atomic E-state index is 12.4. The van der Waals surface area contributed by atoms with Gasteiger partial charge in [0.1, 0.15) is 5.54 Å². The highest BCUT2D eigenvalue weighted by atomic mass is 32.2. The number of carbonyl (C=O) groups excluding carboxylic acids is 2. The summed E-state index contributed by atoms with van der Waals surface area (Å²) in [5, 5.41) is 10.9. The summed E-state index contributed by atoms with van der Waals surface area (Å²) in [6, 6.07) is 0.337. The summed E-state index contributed by atoms with van der Waals surface area (Å²) in [4.78, 5) is 30.4. The minimum atomic E-state index is -3.43.